The average molecular weight is 231 g/mol. The van der Waals surface area contributed by atoms with Crippen LogP contribution in [0.5, 0.6) is 0 Å². The van der Waals surface area contributed by atoms with Gasteiger partial charge in [0.05, 0.1) is 0 Å². The number of allylic oxidation sites excluding steroid dienone is 1. The van der Waals surface area contributed by atoms with Gasteiger partial charge in [0, 0.05) is 28.9 Å². The zero-order chi connectivity index (χ0) is 11.5. The van der Waals surface area contributed by atoms with E-state index in [0.29, 0.717) is 6.04 Å². The molecule has 2 nitrogen and oxygen atoms in total. The van der Waals surface area contributed by atoms with Crippen LogP contribution in [0.3, 0.4) is 0 Å². The maximum atomic E-state index is 10.9. The molecule has 0 aromatic carbocycles. The van der Waals surface area contributed by atoms with E-state index in [1.807, 2.05) is 6.08 Å². The number of hydrogen-bond donors (Lipinski definition) is 1. The van der Waals surface area contributed by atoms with Crippen molar-refractivity contribution in [2.75, 3.05) is 18.6 Å². The molecule has 0 aliphatic carbocycles. The molecule has 0 saturated carbocycles. The van der Waals surface area contributed by atoms with E-state index in [4.69, 9.17) is 0 Å². The zero-order valence-electron chi connectivity index (χ0n) is 10.1. The predicted octanol–water partition coefficient (Wildman–Crippen LogP) is 2.48. The molecule has 0 aliphatic rings. The van der Waals surface area contributed by atoms with Crippen LogP contribution in [0.1, 0.15) is 39.0 Å². The topological polar surface area (TPSA) is 29.1 Å². The Balaban J connectivity index is 3.19. The highest BCUT2D eigenvalue weighted by molar-refractivity contribution is 7.84. The monoisotopic (exact) mass is 231 g/mol. The van der Waals surface area contributed by atoms with Gasteiger partial charge >= 0.3 is 0 Å². The molecule has 0 bridgehead atoms. The van der Waals surface area contributed by atoms with Crippen molar-refractivity contribution in [1.29, 1.82) is 0 Å². The summed E-state index contributed by atoms with van der Waals surface area (Å²) in [6, 6.07) is 0.494. The van der Waals surface area contributed by atoms with Crippen LogP contribution < -0.4 is 5.32 Å². The van der Waals surface area contributed by atoms with Gasteiger partial charge in [-0.15, -0.1) is 6.58 Å². The Bertz CT molecular complexity index is 182. The molecule has 0 aliphatic heterocycles. The summed E-state index contributed by atoms with van der Waals surface area (Å²) in [6.45, 7) is 6.94. The fraction of sp³-hybridized carbons (Fsp3) is 0.833. The first-order valence-electron chi connectivity index (χ1n) is 5.81. The zero-order valence-corrected chi connectivity index (χ0v) is 10.9. The molecule has 0 amide bonds. The van der Waals surface area contributed by atoms with Crippen LogP contribution in [-0.2, 0) is 10.8 Å². The van der Waals surface area contributed by atoms with E-state index in [9.17, 15) is 4.21 Å². The van der Waals surface area contributed by atoms with Gasteiger partial charge in [0.2, 0.25) is 0 Å². The SMILES string of the molecule is C=CCCCCCNC(C)CCS(C)=O. The summed E-state index contributed by atoms with van der Waals surface area (Å²) in [6.07, 6.45) is 9.63. The van der Waals surface area contributed by atoms with Crippen LogP contribution in [0.15, 0.2) is 12.7 Å². The molecule has 2 atom stereocenters. The molecule has 1 N–H and O–H groups in total. The van der Waals surface area contributed by atoms with Gasteiger partial charge < -0.3 is 5.32 Å². The quantitative estimate of drug-likeness (QED) is 0.462. The Hall–Kier alpha value is -0.150. The second-order valence-corrected chi connectivity index (χ2v) is 5.61. The van der Waals surface area contributed by atoms with Crippen molar-refractivity contribution in [3.8, 4) is 0 Å². The third kappa shape index (κ3) is 11.8. The minimum absolute atomic E-state index is 0.494. The fourth-order valence-electron chi connectivity index (χ4n) is 1.38. The Morgan fingerprint density at radius 3 is 2.73 bits per heavy atom. The molecular weight excluding hydrogens is 206 g/mol. The molecule has 0 saturated heterocycles. The van der Waals surface area contributed by atoms with E-state index < -0.39 is 10.8 Å². The van der Waals surface area contributed by atoms with Gasteiger partial charge in [-0.1, -0.05) is 12.5 Å². The smallest absolute Gasteiger partial charge is 0.0246 e. The second kappa shape index (κ2) is 10.4. The minimum Gasteiger partial charge on any atom is -0.314 e. The third-order valence-electron chi connectivity index (χ3n) is 2.42. The van der Waals surface area contributed by atoms with E-state index in [1.54, 1.807) is 6.26 Å². The molecular formula is C12H25NOS. The largest absolute Gasteiger partial charge is 0.314 e. The Labute approximate surface area is 97.0 Å². The van der Waals surface area contributed by atoms with Gasteiger partial charge in [-0.2, -0.15) is 0 Å². The molecule has 3 heteroatoms. The highest BCUT2D eigenvalue weighted by Gasteiger charge is 2.01. The normalized spacial score (nSPS) is 14.8. The molecule has 0 heterocycles. The molecule has 2 unspecified atom stereocenters. The molecule has 0 fully saturated rings. The Morgan fingerprint density at radius 2 is 2.13 bits per heavy atom. The van der Waals surface area contributed by atoms with Crippen molar-refractivity contribution in [2.45, 2.75) is 45.1 Å². The van der Waals surface area contributed by atoms with Crippen molar-refractivity contribution in [2.24, 2.45) is 0 Å². The van der Waals surface area contributed by atoms with Gasteiger partial charge in [0.25, 0.3) is 0 Å². The van der Waals surface area contributed by atoms with E-state index in [-0.39, 0.29) is 0 Å². The summed E-state index contributed by atoms with van der Waals surface area (Å²) in [5.74, 6) is 0.810. The lowest BCUT2D eigenvalue weighted by molar-refractivity contribution is 0.512. The number of unbranched alkanes of at least 4 members (excludes halogenated alkanes) is 3. The highest BCUT2D eigenvalue weighted by Crippen LogP contribution is 2.00. The lowest BCUT2D eigenvalue weighted by Crippen LogP contribution is -2.28. The van der Waals surface area contributed by atoms with E-state index in [0.717, 1.165) is 25.1 Å². The first-order valence-corrected chi connectivity index (χ1v) is 7.54. The third-order valence-corrected chi connectivity index (χ3v) is 3.23. The number of nitrogens with one attached hydrogen (secondary N) is 1. The van der Waals surface area contributed by atoms with Crippen LogP contribution in [0.2, 0.25) is 0 Å². The molecule has 0 rings (SSSR count). The van der Waals surface area contributed by atoms with Crippen LogP contribution in [0.4, 0.5) is 0 Å². The minimum atomic E-state index is -0.649. The maximum Gasteiger partial charge on any atom is 0.0246 e. The first kappa shape index (κ1) is 14.8. The van der Waals surface area contributed by atoms with Gasteiger partial charge in [-0.3, -0.25) is 4.21 Å². The van der Waals surface area contributed by atoms with E-state index in [1.165, 1.54) is 19.3 Å². The molecule has 90 valence electrons. The van der Waals surface area contributed by atoms with Crippen LogP contribution in [0, 0.1) is 0 Å². The van der Waals surface area contributed by atoms with Crippen LogP contribution >= 0.6 is 0 Å². The molecule has 0 aromatic rings. The van der Waals surface area contributed by atoms with Crippen molar-refractivity contribution < 1.29 is 4.21 Å². The summed E-state index contributed by atoms with van der Waals surface area (Å²) in [5.41, 5.74) is 0. The van der Waals surface area contributed by atoms with Crippen molar-refractivity contribution in [3.63, 3.8) is 0 Å². The molecule has 0 radical (unpaired) electrons. The molecule has 0 aromatic heterocycles. The standard InChI is InChI=1S/C12H25NOS/c1-4-5-6-7-8-10-13-12(2)9-11-15(3)14/h4,12-13H,1,5-11H2,2-3H3. The lowest BCUT2D eigenvalue weighted by atomic mass is 10.2. The Morgan fingerprint density at radius 1 is 1.40 bits per heavy atom. The summed E-state index contributed by atoms with van der Waals surface area (Å²) < 4.78 is 10.9. The van der Waals surface area contributed by atoms with E-state index >= 15 is 0 Å². The average Bonchev–Trinajstić information content (AvgIpc) is 2.20. The summed E-state index contributed by atoms with van der Waals surface area (Å²) in [7, 11) is -0.649. The van der Waals surface area contributed by atoms with Crippen molar-refractivity contribution >= 4 is 10.8 Å². The van der Waals surface area contributed by atoms with Crippen molar-refractivity contribution in [1.82, 2.24) is 5.32 Å². The summed E-state index contributed by atoms with van der Waals surface area (Å²) in [4.78, 5) is 0. The van der Waals surface area contributed by atoms with Crippen LogP contribution in [0.25, 0.3) is 0 Å². The van der Waals surface area contributed by atoms with Gasteiger partial charge in [0.1, 0.15) is 0 Å². The maximum absolute atomic E-state index is 10.9. The van der Waals surface area contributed by atoms with Crippen molar-refractivity contribution in [3.05, 3.63) is 12.7 Å². The fourth-order valence-corrected chi connectivity index (χ4v) is 2.07. The van der Waals surface area contributed by atoms with Gasteiger partial charge in [-0.25, -0.2) is 0 Å². The summed E-state index contributed by atoms with van der Waals surface area (Å²) >= 11 is 0. The van der Waals surface area contributed by atoms with Gasteiger partial charge in [0.15, 0.2) is 0 Å². The Kier molecular flexibility index (Phi) is 10.3. The lowest BCUT2D eigenvalue weighted by Gasteiger charge is -2.12. The molecule has 0 spiro atoms. The number of hydrogen-bond acceptors (Lipinski definition) is 2. The predicted molar refractivity (Wildman–Crippen MR) is 69.7 cm³/mol. The number of rotatable bonds is 10. The van der Waals surface area contributed by atoms with Gasteiger partial charge in [-0.05, 0) is 39.2 Å². The highest BCUT2D eigenvalue weighted by atomic mass is 32.2. The molecule has 15 heavy (non-hydrogen) atoms. The second-order valence-electron chi connectivity index (χ2n) is 4.06. The first-order chi connectivity index (χ1) is 7.16. The van der Waals surface area contributed by atoms with E-state index in [2.05, 4.69) is 18.8 Å². The van der Waals surface area contributed by atoms with Crippen LogP contribution in [-0.4, -0.2) is 28.8 Å². The summed E-state index contributed by atoms with van der Waals surface area (Å²) in [5, 5.41) is 3.45.